The van der Waals surface area contributed by atoms with Crippen molar-refractivity contribution in [2.75, 3.05) is 11.9 Å². The van der Waals surface area contributed by atoms with Gasteiger partial charge in [0.05, 0.1) is 12.6 Å². The van der Waals surface area contributed by atoms with Gasteiger partial charge in [-0.2, -0.15) is 0 Å². The van der Waals surface area contributed by atoms with Gasteiger partial charge >= 0.3 is 0 Å². The van der Waals surface area contributed by atoms with E-state index in [2.05, 4.69) is 10.3 Å². The van der Waals surface area contributed by atoms with Gasteiger partial charge in [0, 0.05) is 0 Å². The summed E-state index contributed by atoms with van der Waals surface area (Å²) in [6.07, 6.45) is 0.852. The highest BCUT2D eigenvalue weighted by Gasteiger charge is 2.04. The number of pyridine rings is 1. The summed E-state index contributed by atoms with van der Waals surface area (Å²) in [4.78, 5) is 4.05. The quantitative estimate of drug-likeness (QED) is 0.730. The Bertz CT molecular complexity index is 264. The fourth-order valence-corrected chi connectivity index (χ4v) is 1.14. The first-order valence-electron chi connectivity index (χ1n) is 4.26. The van der Waals surface area contributed by atoms with Gasteiger partial charge in [0.25, 0.3) is 0 Å². The summed E-state index contributed by atoms with van der Waals surface area (Å²) in [5.41, 5.74) is 0. The lowest BCUT2D eigenvalue weighted by Crippen LogP contribution is -2.23. The van der Waals surface area contributed by atoms with Crippen molar-refractivity contribution in [3.05, 3.63) is 23.4 Å². The van der Waals surface area contributed by atoms with E-state index in [9.17, 15) is 0 Å². The molecule has 72 valence electrons. The third-order valence-electron chi connectivity index (χ3n) is 1.78. The highest BCUT2D eigenvalue weighted by atomic mass is 35.5. The van der Waals surface area contributed by atoms with Crippen molar-refractivity contribution in [2.45, 2.75) is 19.4 Å². The standard InChI is InChI=1S/C9H13ClN2O/c1-2-7(6-13)11-9-5-3-4-8(10)12-9/h3-5,7,13H,2,6H2,1H3,(H,11,12)/t7-/m0/s1. The number of aromatic nitrogens is 1. The number of hydrogen-bond acceptors (Lipinski definition) is 3. The number of rotatable bonds is 4. The molecule has 0 spiro atoms. The molecule has 0 aliphatic rings. The van der Waals surface area contributed by atoms with E-state index in [1.807, 2.05) is 19.1 Å². The van der Waals surface area contributed by atoms with Crippen LogP contribution in [-0.2, 0) is 0 Å². The maximum atomic E-state index is 8.93. The summed E-state index contributed by atoms with van der Waals surface area (Å²) >= 11 is 5.70. The van der Waals surface area contributed by atoms with Crippen LogP contribution in [0, 0.1) is 0 Å². The molecular formula is C9H13ClN2O. The summed E-state index contributed by atoms with van der Waals surface area (Å²) in [7, 11) is 0. The van der Waals surface area contributed by atoms with Crippen LogP contribution in [0.5, 0.6) is 0 Å². The van der Waals surface area contributed by atoms with Crippen LogP contribution in [0.4, 0.5) is 5.82 Å². The van der Waals surface area contributed by atoms with Crippen molar-refractivity contribution >= 4 is 17.4 Å². The average Bonchev–Trinajstić information content (AvgIpc) is 2.14. The molecule has 0 fully saturated rings. The lowest BCUT2D eigenvalue weighted by atomic mass is 10.2. The van der Waals surface area contributed by atoms with Crippen molar-refractivity contribution in [2.24, 2.45) is 0 Å². The van der Waals surface area contributed by atoms with Crippen LogP contribution in [0.1, 0.15) is 13.3 Å². The van der Waals surface area contributed by atoms with Crippen molar-refractivity contribution in [3.63, 3.8) is 0 Å². The Hall–Kier alpha value is -0.800. The first-order valence-corrected chi connectivity index (χ1v) is 4.64. The highest BCUT2D eigenvalue weighted by Crippen LogP contribution is 2.10. The highest BCUT2D eigenvalue weighted by molar-refractivity contribution is 6.29. The molecule has 0 bridgehead atoms. The average molecular weight is 201 g/mol. The molecule has 0 saturated heterocycles. The zero-order valence-electron chi connectivity index (χ0n) is 7.50. The Labute approximate surface area is 82.8 Å². The molecule has 13 heavy (non-hydrogen) atoms. The lowest BCUT2D eigenvalue weighted by Gasteiger charge is -2.14. The van der Waals surface area contributed by atoms with E-state index in [0.29, 0.717) is 11.0 Å². The van der Waals surface area contributed by atoms with Crippen molar-refractivity contribution in [1.29, 1.82) is 0 Å². The molecule has 0 aromatic carbocycles. The van der Waals surface area contributed by atoms with Gasteiger partial charge < -0.3 is 10.4 Å². The lowest BCUT2D eigenvalue weighted by molar-refractivity contribution is 0.271. The predicted octanol–water partition coefficient (Wildman–Crippen LogP) is 1.92. The Balaban J connectivity index is 2.62. The third kappa shape index (κ3) is 3.20. The molecule has 1 aromatic heterocycles. The summed E-state index contributed by atoms with van der Waals surface area (Å²) < 4.78 is 0. The van der Waals surface area contributed by atoms with Crippen LogP contribution < -0.4 is 5.32 Å². The molecule has 4 heteroatoms. The van der Waals surface area contributed by atoms with E-state index in [1.54, 1.807) is 6.07 Å². The molecule has 1 aromatic rings. The zero-order valence-corrected chi connectivity index (χ0v) is 8.25. The van der Waals surface area contributed by atoms with Crippen LogP contribution in [0.15, 0.2) is 18.2 Å². The zero-order chi connectivity index (χ0) is 9.68. The molecule has 1 heterocycles. The van der Waals surface area contributed by atoms with Gasteiger partial charge in [-0.1, -0.05) is 24.6 Å². The largest absolute Gasteiger partial charge is 0.394 e. The van der Waals surface area contributed by atoms with E-state index in [-0.39, 0.29) is 12.6 Å². The number of nitrogens with one attached hydrogen (secondary N) is 1. The molecular weight excluding hydrogens is 188 g/mol. The maximum absolute atomic E-state index is 8.93. The Morgan fingerprint density at radius 1 is 1.62 bits per heavy atom. The predicted molar refractivity (Wildman–Crippen MR) is 54.0 cm³/mol. The molecule has 0 aliphatic heterocycles. The first kappa shape index (κ1) is 10.3. The number of anilines is 1. The van der Waals surface area contributed by atoms with Crippen LogP contribution >= 0.6 is 11.6 Å². The van der Waals surface area contributed by atoms with Crippen molar-refractivity contribution in [3.8, 4) is 0 Å². The Kier molecular flexibility index (Phi) is 3.99. The van der Waals surface area contributed by atoms with Gasteiger partial charge in [-0.15, -0.1) is 0 Å². The van der Waals surface area contributed by atoms with Crippen LogP contribution in [0.25, 0.3) is 0 Å². The van der Waals surface area contributed by atoms with Gasteiger partial charge in [-0.05, 0) is 18.6 Å². The van der Waals surface area contributed by atoms with Crippen LogP contribution in [0.2, 0.25) is 5.15 Å². The maximum Gasteiger partial charge on any atom is 0.131 e. The summed E-state index contributed by atoms with van der Waals surface area (Å²) in [6, 6.07) is 5.41. The Morgan fingerprint density at radius 3 is 2.92 bits per heavy atom. The molecule has 0 saturated carbocycles. The minimum atomic E-state index is 0.0472. The van der Waals surface area contributed by atoms with Gasteiger partial charge in [-0.3, -0.25) is 0 Å². The van der Waals surface area contributed by atoms with E-state index >= 15 is 0 Å². The fraction of sp³-hybridized carbons (Fsp3) is 0.444. The van der Waals surface area contributed by atoms with E-state index < -0.39 is 0 Å². The molecule has 1 rings (SSSR count). The second-order valence-electron chi connectivity index (χ2n) is 2.78. The summed E-state index contributed by atoms with van der Waals surface area (Å²) in [5, 5.41) is 12.5. The number of hydrogen-bond donors (Lipinski definition) is 2. The summed E-state index contributed by atoms with van der Waals surface area (Å²) in [6.45, 7) is 2.10. The van der Waals surface area contributed by atoms with E-state index in [4.69, 9.17) is 16.7 Å². The molecule has 0 amide bonds. The monoisotopic (exact) mass is 200 g/mol. The molecule has 0 unspecified atom stereocenters. The van der Waals surface area contributed by atoms with Crippen molar-refractivity contribution < 1.29 is 5.11 Å². The Morgan fingerprint density at radius 2 is 2.38 bits per heavy atom. The number of aliphatic hydroxyl groups is 1. The minimum Gasteiger partial charge on any atom is -0.394 e. The smallest absolute Gasteiger partial charge is 0.131 e. The van der Waals surface area contributed by atoms with E-state index in [0.717, 1.165) is 6.42 Å². The van der Waals surface area contributed by atoms with Crippen LogP contribution in [0.3, 0.4) is 0 Å². The van der Waals surface area contributed by atoms with Gasteiger partial charge in [0.15, 0.2) is 0 Å². The third-order valence-corrected chi connectivity index (χ3v) is 1.99. The molecule has 2 N–H and O–H groups in total. The van der Waals surface area contributed by atoms with Crippen molar-refractivity contribution in [1.82, 2.24) is 4.98 Å². The number of nitrogens with zero attached hydrogens (tertiary/aromatic N) is 1. The number of halogens is 1. The SMILES string of the molecule is CC[C@@H](CO)Nc1cccc(Cl)n1. The first-order chi connectivity index (χ1) is 6.26. The minimum absolute atomic E-state index is 0.0472. The summed E-state index contributed by atoms with van der Waals surface area (Å²) in [5.74, 6) is 0.702. The topological polar surface area (TPSA) is 45.1 Å². The second-order valence-corrected chi connectivity index (χ2v) is 3.16. The molecule has 3 nitrogen and oxygen atoms in total. The fourth-order valence-electron chi connectivity index (χ4n) is 0.975. The van der Waals surface area contributed by atoms with Gasteiger partial charge in [0.2, 0.25) is 0 Å². The normalized spacial score (nSPS) is 12.5. The van der Waals surface area contributed by atoms with Gasteiger partial charge in [-0.25, -0.2) is 4.98 Å². The second kappa shape index (κ2) is 5.04. The molecule has 0 aliphatic carbocycles. The molecule has 1 atom stereocenters. The van der Waals surface area contributed by atoms with Crippen LogP contribution in [-0.4, -0.2) is 22.7 Å². The van der Waals surface area contributed by atoms with Gasteiger partial charge in [0.1, 0.15) is 11.0 Å². The number of aliphatic hydroxyl groups excluding tert-OH is 1. The van der Waals surface area contributed by atoms with E-state index in [1.165, 1.54) is 0 Å². The molecule has 0 radical (unpaired) electrons.